The smallest absolute Gasteiger partial charge is 0.258 e. The third kappa shape index (κ3) is 4.97. The molecule has 0 N–H and O–H groups in total. The van der Waals surface area contributed by atoms with Gasteiger partial charge in [-0.25, -0.2) is 0 Å². The highest BCUT2D eigenvalue weighted by Crippen LogP contribution is 2.23. The van der Waals surface area contributed by atoms with E-state index in [0.717, 1.165) is 41.6 Å². The van der Waals surface area contributed by atoms with Crippen LogP contribution >= 0.6 is 0 Å². The van der Waals surface area contributed by atoms with E-state index in [-0.39, 0.29) is 5.91 Å². The van der Waals surface area contributed by atoms with Crippen molar-refractivity contribution in [3.05, 3.63) is 78.5 Å². The number of benzene rings is 2. The highest BCUT2D eigenvalue weighted by atomic mass is 16.5. The number of carbonyl (C=O) groups is 1. The molecule has 1 heterocycles. The summed E-state index contributed by atoms with van der Waals surface area (Å²) < 4.78 is 5.85. The molecule has 0 aliphatic carbocycles. The van der Waals surface area contributed by atoms with Gasteiger partial charge in [-0.15, -0.1) is 0 Å². The maximum absolute atomic E-state index is 12.9. The number of pyridine rings is 1. The molecular weight excluding hydrogens is 348 g/mol. The molecule has 0 unspecified atom stereocenters. The first-order valence-corrected chi connectivity index (χ1v) is 9.66. The van der Waals surface area contributed by atoms with Crippen molar-refractivity contribution in [1.29, 1.82) is 0 Å². The zero-order chi connectivity index (χ0) is 19.8. The summed E-state index contributed by atoms with van der Waals surface area (Å²) in [5, 5.41) is 0.955. The van der Waals surface area contributed by atoms with E-state index >= 15 is 0 Å². The van der Waals surface area contributed by atoms with E-state index in [2.05, 4.69) is 17.1 Å². The highest BCUT2D eigenvalue weighted by Gasteiger charge is 2.14. The van der Waals surface area contributed by atoms with Crippen molar-refractivity contribution in [3.63, 3.8) is 0 Å². The lowest BCUT2D eigenvalue weighted by molar-refractivity contribution is 0.0993. The molecule has 1 amide bonds. The van der Waals surface area contributed by atoms with Crippen LogP contribution in [0, 0.1) is 0 Å². The van der Waals surface area contributed by atoms with Crippen molar-refractivity contribution in [3.8, 4) is 5.75 Å². The first-order chi connectivity index (χ1) is 13.7. The molecule has 0 fully saturated rings. The van der Waals surface area contributed by atoms with Gasteiger partial charge < -0.3 is 9.64 Å². The van der Waals surface area contributed by atoms with E-state index in [1.165, 1.54) is 0 Å². The van der Waals surface area contributed by atoms with Crippen LogP contribution in [0.25, 0.3) is 10.9 Å². The van der Waals surface area contributed by atoms with Crippen LogP contribution in [-0.4, -0.2) is 24.5 Å². The number of nitrogens with zero attached hydrogens (tertiary/aromatic N) is 2. The molecule has 3 rings (SSSR count). The average Bonchev–Trinajstić information content (AvgIpc) is 2.75. The van der Waals surface area contributed by atoms with E-state index in [0.29, 0.717) is 12.2 Å². The quantitative estimate of drug-likeness (QED) is 0.379. The lowest BCUT2D eigenvalue weighted by atomic mass is 10.1. The Kier molecular flexibility index (Phi) is 6.79. The number of allylic oxidation sites excluding steroid dienone is 2. The van der Waals surface area contributed by atoms with Crippen LogP contribution in [0.2, 0.25) is 0 Å². The second kappa shape index (κ2) is 9.70. The van der Waals surface area contributed by atoms with Gasteiger partial charge in [-0.05, 0) is 62.6 Å². The first kappa shape index (κ1) is 19.6. The van der Waals surface area contributed by atoms with Crippen molar-refractivity contribution in [2.24, 2.45) is 0 Å². The number of fused-ring (bicyclic) bond motifs is 1. The first-order valence-electron chi connectivity index (χ1n) is 9.66. The van der Waals surface area contributed by atoms with Crippen LogP contribution in [0.1, 0.15) is 36.5 Å². The molecule has 3 aromatic rings. The fourth-order valence-electron chi connectivity index (χ4n) is 3.02. The standard InChI is InChI=1S/C24H26N2O2/c1-3-4-5-6-7-16-28-22-12-8-11-21(18-22)26(2)24(27)20-13-14-23-19(17-20)10-9-15-25-23/h3-4,8-15,17-18H,5-7,16H2,1-2H3. The molecule has 144 valence electrons. The maximum Gasteiger partial charge on any atom is 0.258 e. The molecule has 0 saturated heterocycles. The molecule has 4 nitrogen and oxygen atoms in total. The van der Waals surface area contributed by atoms with E-state index in [9.17, 15) is 4.79 Å². The Bertz CT molecular complexity index is 965. The second-order valence-electron chi connectivity index (χ2n) is 6.69. The molecule has 1 aromatic heterocycles. The van der Waals surface area contributed by atoms with E-state index in [1.54, 1.807) is 18.1 Å². The molecule has 0 radical (unpaired) electrons. The van der Waals surface area contributed by atoms with Gasteiger partial charge in [0.1, 0.15) is 5.75 Å². The second-order valence-corrected chi connectivity index (χ2v) is 6.69. The third-order valence-electron chi connectivity index (χ3n) is 4.63. The third-order valence-corrected chi connectivity index (χ3v) is 4.63. The van der Waals surface area contributed by atoms with Gasteiger partial charge in [-0.2, -0.15) is 0 Å². The van der Waals surface area contributed by atoms with E-state index in [4.69, 9.17) is 4.74 Å². The lowest BCUT2D eigenvalue weighted by Crippen LogP contribution is -2.26. The maximum atomic E-state index is 12.9. The van der Waals surface area contributed by atoms with Crippen LogP contribution in [0.15, 0.2) is 72.9 Å². The molecule has 2 aromatic carbocycles. The number of ether oxygens (including phenoxy) is 1. The van der Waals surface area contributed by atoms with Gasteiger partial charge >= 0.3 is 0 Å². The van der Waals surface area contributed by atoms with Crippen LogP contribution in [-0.2, 0) is 0 Å². The van der Waals surface area contributed by atoms with Crippen LogP contribution in [0.4, 0.5) is 5.69 Å². The summed E-state index contributed by atoms with van der Waals surface area (Å²) in [7, 11) is 1.78. The SMILES string of the molecule is CC=CCCCCOc1cccc(N(C)C(=O)c2ccc3ncccc3c2)c1. The summed E-state index contributed by atoms with van der Waals surface area (Å²) >= 11 is 0. The Balaban J connectivity index is 1.65. The van der Waals surface area contributed by atoms with Crippen molar-refractivity contribution < 1.29 is 9.53 Å². The molecule has 0 atom stereocenters. The van der Waals surface area contributed by atoms with E-state index in [1.807, 2.05) is 61.5 Å². The summed E-state index contributed by atoms with van der Waals surface area (Å²) in [6.07, 6.45) is 9.20. The van der Waals surface area contributed by atoms with Crippen molar-refractivity contribution in [1.82, 2.24) is 4.98 Å². The zero-order valence-electron chi connectivity index (χ0n) is 16.5. The summed E-state index contributed by atoms with van der Waals surface area (Å²) in [6, 6.07) is 17.1. The molecule has 0 spiro atoms. The molecule has 4 heteroatoms. The van der Waals surface area contributed by atoms with Gasteiger partial charge in [-0.1, -0.05) is 24.3 Å². The predicted molar refractivity (Wildman–Crippen MR) is 115 cm³/mol. The molecule has 28 heavy (non-hydrogen) atoms. The number of aromatic nitrogens is 1. The molecule has 0 aliphatic rings. The summed E-state index contributed by atoms with van der Waals surface area (Å²) in [5.74, 6) is 0.722. The number of carbonyl (C=O) groups excluding carboxylic acids is 1. The van der Waals surface area contributed by atoms with Crippen LogP contribution in [0.5, 0.6) is 5.75 Å². The number of anilines is 1. The Labute approximate surface area is 166 Å². The van der Waals surface area contributed by atoms with Gasteiger partial charge in [0.2, 0.25) is 0 Å². The van der Waals surface area contributed by atoms with E-state index < -0.39 is 0 Å². The monoisotopic (exact) mass is 374 g/mol. The number of hydrogen-bond donors (Lipinski definition) is 0. The number of unbranched alkanes of at least 4 members (excludes halogenated alkanes) is 2. The average molecular weight is 374 g/mol. The van der Waals surface area contributed by atoms with Gasteiger partial charge in [0, 0.05) is 35.9 Å². The number of amides is 1. The van der Waals surface area contributed by atoms with Crippen molar-refractivity contribution >= 4 is 22.5 Å². The normalized spacial score (nSPS) is 11.1. The minimum Gasteiger partial charge on any atom is -0.494 e. The largest absolute Gasteiger partial charge is 0.494 e. The fourth-order valence-corrected chi connectivity index (χ4v) is 3.02. The summed E-state index contributed by atoms with van der Waals surface area (Å²) in [5.41, 5.74) is 2.33. The van der Waals surface area contributed by atoms with Gasteiger partial charge in [0.25, 0.3) is 5.91 Å². The zero-order valence-corrected chi connectivity index (χ0v) is 16.5. The van der Waals surface area contributed by atoms with Crippen molar-refractivity contribution in [2.75, 3.05) is 18.6 Å². The Hall–Kier alpha value is -3.14. The molecule has 0 aliphatic heterocycles. The number of hydrogen-bond acceptors (Lipinski definition) is 3. The Morgan fingerprint density at radius 2 is 2.00 bits per heavy atom. The minimum absolute atomic E-state index is 0.0609. The molecular formula is C24H26N2O2. The Morgan fingerprint density at radius 1 is 1.11 bits per heavy atom. The van der Waals surface area contributed by atoms with Gasteiger partial charge in [0.05, 0.1) is 12.1 Å². The summed E-state index contributed by atoms with van der Waals surface area (Å²) in [6.45, 7) is 2.71. The van der Waals surface area contributed by atoms with Gasteiger partial charge in [0.15, 0.2) is 0 Å². The van der Waals surface area contributed by atoms with Crippen LogP contribution < -0.4 is 9.64 Å². The highest BCUT2D eigenvalue weighted by molar-refractivity contribution is 6.07. The summed E-state index contributed by atoms with van der Waals surface area (Å²) in [4.78, 5) is 18.9. The topological polar surface area (TPSA) is 42.4 Å². The minimum atomic E-state index is -0.0609. The predicted octanol–water partition coefficient (Wildman–Crippen LogP) is 5.64. The van der Waals surface area contributed by atoms with Gasteiger partial charge in [-0.3, -0.25) is 9.78 Å². The molecule has 0 saturated carbocycles. The van der Waals surface area contributed by atoms with Crippen LogP contribution in [0.3, 0.4) is 0 Å². The fraction of sp³-hybridized carbons (Fsp3) is 0.250. The lowest BCUT2D eigenvalue weighted by Gasteiger charge is -2.18. The number of rotatable bonds is 8. The Morgan fingerprint density at radius 3 is 2.86 bits per heavy atom. The van der Waals surface area contributed by atoms with Crippen molar-refractivity contribution in [2.45, 2.75) is 26.2 Å². The molecule has 0 bridgehead atoms.